The van der Waals surface area contributed by atoms with Gasteiger partial charge < -0.3 is 24.5 Å². The Hall–Kier alpha value is -4.43. The predicted molar refractivity (Wildman–Crippen MR) is 139 cm³/mol. The van der Waals surface area contributed by atoms with Crippen molar-refractivity contribution in [1.82, 2.24) is 19.9 Å². The van der Waals surface area contributed by atoms with Crippen LogP contribution in [-0.2, 0) is 6.42 Å². The minimum absolute atomic E-state index is 0.234. The number of aliphatic hydroxyl groups is 1. The summed E-state index contributed by atoms with van der Waals surface area (Å²) in [7, 11) is 3.19. The molecule has 0 spiro atoms. The lowest BCUT2D eigenvalue weighted by atomic mass is 9.94. The Kier molecular flexibility index (Phi) is 5.30. The third-order valence-corrected chi connectivity index (χ3v) is 6.78. The van der Waals surface area contributed by atoms with Gasteiger partial charge in [-0.15, -0.1) is 0 Å². The fraction of sp³-hybridized carbons (Fsp3) is 0.179. The number of carbonyl (C=O) groups excluding carboxylic acids is 1. The molecule has 0 aliphatic heterocycles. The van der Waals surface area contributed by atoms with E-state index in [1.807, 2.05) is 48.5 Å². The summed E-state index contributed by atoms with van der Waals surface area (Å²) < 4.78 is 11.1. The van der Waals surface area contributed by atoms with Crippen LogP contribution < -0.4 is 9.47 Å². The summed E-state index contributed by atoms with van der Waals surface area (Å²) in [5.74, 6) is 0.223. The van der Waals surface area contributed by atoms with E-state index in [0.717, 1.165) is 38.1 Å². The van der Waals surface area contributed by atoms with Crippen molar-refractivity contribution in [3.05, 3.63) is 72.3 Å². The number of fused-ring (bicyclic) bond motifs is 6. The average Bonchev–Trinajstić information content (AvgIpc) is 3.50. The van der Waals surface area contributed by atoms with Crippen LogP contribution in [0.25, 0.3) is 43.6 Å². The number of Topliss-reactive ketones (excluding diaryl/α,β-unsaturated/α-hetero) is 1. The first-order valence-corrected chi connectivity index (χ1v) is 11.6. The smallest absolute Gasteiger partial charge is 0.189 e. The number of rotatable bonds is 7. The van der Waals surface area contributed by atoms with Gasteiger partial charge in [-0.2, -0.15) is 0 Å². The Bertz CT molecular complexity index is 1770. The van der Waals surface area contributed by atoms with Gasteiger partial charge in [-0.25, -0.2) is 4.98 Å². The molecule has 8 heteroatoms. The Labute approximate surface area is 205 Å². The van der Waals surface area contributed by atoms with Gasteiger partial charge in [-0.05, 0) is 12.1 Å². The zero-order valence-corrected chi connectivity index (χ0v) is 19.8. The second kappa shape index (κ2) is 8.66. The highest BCUT2D eigenvalue weighted by Gasteiger charge is 2.27. The van der Waals surface area contributed by atoms with E-state index in [1.54, 1.807) is 26.6 Å². The fourth-order valence-corrected chi connectivity index (χ4v) is 5.03. The molecule has 2 aromatic carbocycles. The third-order valence-electron chi connectivity index (χ3n) is 6.78. The normalized spacial score (nSPS) is 12.5. The van der Waals surface area contributed by atoms with Crippen molar-refractivity contribution in [3.63, 3.8) is 0 Å². The van der Waals surface area contributed by atoms with Crippen LogP contribution in [0, 0.1) is 5.92 Å². The number of ether oxygens (including phenoxy) is 2. The first-order chi connectivity index (χ1) is 17.6. The summed E-state index contributed by atoms with van der Waals surface area (Å²) in [5, 5.41) is 14.0. The molecule has 3 N–H and O–H groups in total. The Morgan fingerprint density at radius 3 is 2.03 bits per heavy atom. The lowest BCUT2D eigenvalue weighted by Gasteiger charge is -2.15. The maximum atomic E-state index is 13.8. The monoisotopic (exact) mass is 480 g/mol. The second-order valence-corrected chi connectivity index (χ2v) is 8.74. The van der Waals surface area contributed by atoms with Crippen LogP contribution in [0.3, 0.4) is 0 Å². The summed E-state index contributed by atoms with van der Waals surface area (Å²) >= 11 is 0. The lowest BCUT2D eigenvalue weighted by Crippen LogP contribution is -2.23. The number of hydrogen-bond donors (Lipinski definition) is 3. The molecule has 0 aliphatic rings. The zero-order valence-electron chi connectivity index (χ0n) is 19.8. The standard InChI is InChI=1S/C28H24N4O4/c1-35-21-12-29-20(25-23(21)16-7-3-5-9-18(16)31-25)11-15(14-33)28(34)27-26-24(22(36-2)13-30-27)17-8-4-6-10-19(17)32-26/h3-10,12-13,15,31-33H,11,14H2,1-2H3. The van der Waals surface area contributed by atoms with Crippen molar-refractivity contribution >= 4 is 49.4 Å². The van der Waals surface area contributed by atoms with Crippen molar-refractivity contribution in [1.29, 1.82) is 0 Å². The molecule has 0 fully saturated rings. The van der Waals surface area contributed by atoms with E-state index in [0.29, 0.717) is 22.7 Å². The van der Waals surface area contributed by atoms with Crippen molar-refractivity contribution in [3.8, 4) is 11.5 Å². The molecule has 0 bridgehead atoms. The topological polar surface area (TPSA) is 113 Å². The van der Waals surface area contributed by atoms with E-state index in [1.165, 1.54) is 0 Å². The third kappa shape index (κ3) is 3.30. The van der Waals surface area contributed by atoms with Crippen molar-refractivity contribution in [2.45, 2.75) is 6.42 Å². The summed E-state index contributed by atoms with van der Waals surface area (Å²) in [6, 6.07) is 15.7. The number of benzene rings is 2. The number of hydrogen-bond acceptors (Lipinski definition) is 6. The number of pyridine rings is 2. The van der Waals surface area contributed by atoms with Gasteiger partial charge in [0, 0.05) is 28.2 Å². The highest BCUT2D eigenvalue weighted by Crippen LogP contribution is 2.37. The Balaban J connectivity index is 1.46. The van der Waals surface area contributed by atoms with Gasteiger partial charge in [0.05, 0.1) is 66.6 Å². The van der Waals surface area contributed by atoms with Crippen LogP contribution in [0.4, 0.5) is 0 Å². The molecule has 0 aliphatic carbocycles. The minimum Gasteiger partial charge on any atom is -0.494 e. The molecule has 36 heavy (non-hydrogen) atoms. The molecular weight excluding hydrogens is 456 g/mol. The molecule has 0 saturated heterocycles. The number of carbonyl (C=O) groups is 1. The number of nitrogens with one attached hydrogen (secondary N) is 2. The molecule has 4 aromatic heterocycles. The molecular formula is C28H24N4O4. The molecule has 4 heterocycles. The summed E-state index contributed by atoms with van der Waals surface area (Å²) in [5.41, 5.74) is 4.16. The SMILES string of the molecule is COc1cnc(CC(CO)C(=O)c2ncc(OC)c3c2[nH]c2ccccc23)c2[nH]c3ccccc3c12. The first kappa shape index (κ1) is 22.1. The van der Waals surface area contributed by atoms with Gasteiger partial charge in [0.15, 0.2) is 5.78 Å². The molecule has 6 aromatic rings. The van der Waals surface area contributed by atoms with Crippen LogP contribution in [0.1, 0.15) is 16.2 Å². The molecule has 8 nitrogen and oxygen atoms in total. The first-order valence-electron chi connectivity index (χ1n) is 11.6. The van der Waals surface area contributed by atoms with E-state index < -0.39 is 5.92 Å². The van der Waals surface area contributed by atoms with Gasteiger partial charge in [0.2, 0.25) is 0 Å². The van der Waals surface area contributed by atoms with Crippen LogP contribution in [-0.4, -0.2) is 51.7 Å². The molecule has 0 amide bonds. The number of nitrogens with zero attached hydrogens (tertiary/aromatic N) is 2. The quantitative estimate of drug-likeness (QED) is 0.283. The number of aromatic nitrogens is 4. The van der Waals surface area contributed by atoms with Crippen molar-refractivity contribution in [2.24, 2.45) is 5.92 Å². The highest BCUT2D eigenvalue weighted by atomic mass is 16.5. The summed E-state index contributed by atoms with van der Waals surface area (Å²) in [6.45, 7) is -0.344. The number of ketones is 1. The zero-order chi connectivity index (χ0) is 24.8. The number of aromatic amines is 2. The van der Waals surface area contributed by atoms with Gasteiger partial charge in [-0.3, -0.25) is 9.78 Å². The molecule has 6 rings (SSSR count). The molecule has 0 radical (unpaired) electrons. The van der Waals surface area contributed by atoms with E-state index in [4.69, 9.17) is 9.47 Å². The second-order valence-electron chi connectivity index (χ2n) is 8.74. The van der Waals surface area contributed by atoms with Crippen LogP contribution >= 0.6 is 0 Å². The average molecular weight is 481 g/mol. The van der Waals surface area contributed by atoms with E-state index >= 15 is 0 Å². The summed E-state index contributed by atoms with van der Waals surface area (Å²) in [4.78, 5) is 29.5. The highest BCUT2D eigenvalue weighted by molar-refractivity contribution is 6.17. The fourth-order valence-electron chi connectivity index (χ4n) is 5.03. The lowest BCUT2D eigenvalue weighted by molar-refractivity contribution is 0.0856. The van der Waals surface area contributed by atoms with Crippen LogP contribution in [0.2, 0.25) is 0 Å². The van der Waals surface area contributed by atoms with Gasteiger partial charge in [0.1, 0.15) is 17.2 Å². The minimum atomic E-state index is -0.740. The number of aliphatic hydroxyl groups excluding tert-OH is 1. The van der Waals surface area contributed by atoms with Gasteiger partial charge in [-0.1, -0.05) is 36.4 Å². The van der Waals surface area contributed by atoms with Crippen LogP contribution in [0.5, 0.6) is 11.5 Å². The van der Waals surface area contributed by atoms with Crippen molar-refractivity contribution < 1.29 is 19.4 Å². The van der Waals surface area contributed by atoms with Crippen molar-refractivity contribution in [2.75, 3.05) is 20.8 Å². The molecule has 1 unspecified atom stereocenters. The Morgan fingerprint density at radius 1 is 0.861 bits per heavy atom. The van der Waals surface area contributed by atoms with Gasteiger partial charge in [0.25, 0.3) is 0 Å². The molecule has 180 valence electrons. The van der Waals surface area contributed by atoms with E-state index in [-0.39, 0.29) is 24.5 Å². The van der Waals surface area contributed by atoms with E-state index in [2.05, 4.69) is 19.9 Å². The maximum Gasteiger partial charge on any atom is 0.189 e. The number of H-pyrrole nitrogens is 2. The largest absolute Gasteiger partial charge is 0.494 e. The van der Waals surface area contributed by atoms with Crippen LogP contribution in [0.15, 0.2) is 60.9 Å². The molecule has 1 atom stereocenters. The maximum absolute atomic E-state index is 13.8. The number of methoxy groups -OCH3 is 2. The van der Waals surface area contributed by atoms with E-state index in [9.17, 15) is 9.90 Å². The predicted octanol–water partition coefficient (Wildman–Crippen LogP) is 4.80. The van der Waals surface area contributed by atoms with Gasteiger partial charge >= 0.3 is 0 Å². The number of para-hydroxylation sites is 2. The Morgan fingerprint density at radius 2 is 1.42 bits per heavy atom. The summed E-state index contributed by atoms with van der Waals surface area (Å²) in [6.07, 6.45) is 3.46. The molecule has 0 saturated carbocycles.